The highest BCUT2D eigenvalue weighted by Gasteiger charge is 2.57. The third-order valence-corrected chi connectivity index (χ3v) is 35.5. The first-order valence-electron chi connectivity index (χ1n) is 23.9. The molecule has 0 amide bonds. The van der Waals surface area contributed by atoms with Crippen molar-refractivity contribution in [1.29, 1.82) is 0 Å². The van der Waals surface area contributed by atoms with Crippen LogP contribution in [0.1, 0.15) is 137 Å². The van der Waals surface area contributed by atoms with E-state index in [-0.39, 0.29) is 27.4 Å². The molecular weight excluding hydrogens is 837 g/mol. The van der Waals surface area contributed by atoms with Crippen molar-refractivity contribution in [3.63, 3.8) is 0 Å². The third kappa shape index (κ3) is 21.9. The van der Waals surface area contributed by atoms with Gasteiger partial charge in [-0.3, -0.25) is 0 Å². The van der Waals surface area contributed by atoms with E-state index in [1.165, 1.54) is 24.9 Å². The SMILES string of the molecule is CCC(C)(C(C)(C)C(C)(C)O[Si](C)(C)C)[Si](C)(C)C.CCC(C)(C(C)(C)O[Si](C)(C)C)[Si](C)(C)C.CCC(C)(C)O[Si](C)(C)C.CC[Si](C)(C)OC(C)(C)[Si](C)(C)CC. The van der Waals surface area contributed by atoms with E-state index in [1.54, 1.807) is 0 Å². The molecule has 0 rings (SSSR count). The predicted octanol–water partition coefficient (Wildman–Crippen LogP) is 18.6. The number of hydrogen-bond acceptors (Lipinski definition) is 4. The van der Waals surface area contributed by atoms with Crippen molar-refractivity contribution >= 4 is 57.5 Å². The van der Waals surface area contributed by atoms with Crippen LogP contribution in [-0.2, 0) is 17.7 Å². The van der Waals surface area contributed by atoms with Crippen LogP contribution >= 0.6 is 0 Å². The van der Waals surface area contributed by atoms with Crippen LogP contribution in [0.4, 0.5) is 0 Å². The highest BCUT2D eigenvalue weighted by atomic mass is 28.4. The van der Waals surface area contributed by atoms with Crippen LogP contribution < -0.4 is 0 Å². The Balaban J connectivity index is -0.000000350. The molecule has 0 bridgehead atoms. The average molecular weight is 956 g/mol. The largest absolute Gasteiger partial charge is 0.415 e. The van der Waals surface area contributed by atoms with Crippen LogP contribution in [0.15, 0.2) is 0 Å². The highest BCUT2D eigenvalue weighted by Crippen LogP contribution is 2.61. The Hall–Kier alpha value is 1.36. The summed E-state index contributed by atoms with van der Waals surface area (Å²) >= 11 is 0. The summed E-state index contributed by atoms with van der Waals surface area (Å²) < 4.78 is 25.4. The number of rotatable bonds is 19. The minimum Gasteiger partial charge on any atom is -0.415 e. The molecule has 0 aliphatic heterocycles. The zero-order valence-corrected chi connectivity index (χ0v) is 55.2. The first kappa shape index (κ1) is 67.0. The Kier molecular flexibility index (Phi) is 25.8. The lowest BCUT2D eigenvalue weighted by Gasteiger charge is -2.59. The van der Waals surface area contributed by atoms with E-state index in [1.807, 2.05) is 0 Å². The van der Waals surface area contributed by atoms with E-state index in [2.05, 4.69) is 242 Å². The van der Waals surface area contributed by atoms with Crippen molar-refractivity contribution in [3.05, 3.63) is 0 Å². The summed E-state index contributed by atoms with van der Waals surface area (Å²) in [5.41, 5.74) is 0.170. The molecule has 0 radical (unpaired) electrons. The van der Waals surface area contributed by atoms with Gasteiger partial charge in [0.05, 0.1) is 41.0 Å². The smallest absolute Gasteiger partial charge is 0.186 e. The Morgan fingerprint density at radius 3 is 0.847 bits per heavy atom. The average Bonchev–Trinajstić information content (AvgIpc) is 2.95. The molecule has 0 aromatic heterocycles. The van der Waals surface area contributed by atoms with Crippen LogP contribution in [0.2, 0.25) is 147 Å². The van der Waals surface area contributed by atoms with Gasteiger partial charge in [0.1, 0.15) is 0 Å². The van der Waals surface area contributed by atoms with E-state index in [9.17, 15) is 0 Å². The third-order valence-electron chi connectivity index (χ3n) is 15.4. The van der Waals surface area contributed by atoms with Gasteiger partial charge in [0.25, 0.3) is 0 Å². The molecule has 0 aromatic carbocycles. The van der Waals surface area contributed by atoms with Crippen LogP contribution in [0.3, 0.4) is 0 Å². The van der Waals surface area contributed by atoms with Gasteiger partial charge in [-0.25, -0.2) is 0 Å². The number of hydrogen-bond donors (Lipinski definition) is 0. The topological polar surface area (TPSA) is 36.9 Å². The summed E-state index contributed by atoms with van der Waals surface area (Å²) in [5.74, 6) is 0. The zero-order valence-electron chi connectivity index (χ0n) is 48.2. The molecule has 2 atom stereocenters. The maximum absolute atomic E-state index is 6.59. The van der Waals surface area contributed by atoms with Gasteiger partial charge in [0, 0.05) is 5.22 Å². The van der Waals surface area contributed by atoms with Crippen LogP contribution in [0.5, 0.6) is 0 Å². The van der Waals surface area contributed by atoms with Gasteiger partial charge in [-0.15, -0.1) is 0 Å². The maximum Gasteiger partial charge on any atom is 0.186 e. The van der Waals surface area contributed by atoms with Gasteiger partial charge in [-0.1, -0.05) is 134 Å². The molecule has 2 unspecified atom stereocenters. The maximum atomic E-state index is 6.59. The van der Waals surface area contributed by atoms with Gasteiger partial charge in [-0.05, 0) is 155 Å². The second-order valence-electron chi connectivity index (χ2n) is 27.2. The summed E-state index contributed by atoms with van der Waals surface area (Å²) in [6.07, 6.45) is 3.53. The van der Waals surface area contributed by atoms with E-state index in [4.69, 9.17) is 17.7 Å². The predicted molar refractivity (Wildman–Crippen MR) is 295 cm³/mol. The lowest BCUT2D eigenvalue weighted by molar-refractivity contribution is -0.0468. The molecule has 0 fully saturated rings. The van der Waals surface area contributed by atoms with E-state index < -0.39 is 57.5 Å². The molecule has 11 heteroatoms. The van der Waals surface area contributed by atoms with Crippen molar-refractivity contribution in [2.24, 2.45) is 5.41 Å². The fraction of sp³-hybridized carbons (Fsp3) is 1.00. The summed E-state index contributed by atoms with van der Waals surface area (Å²) in [4.78, 5) is 0. The molecule has 362 valence electrons. The molecule has 4 nitrogen and oxygen atoms in total. The lowest BCUT2D eigenvalue weighted by Crippen LogP contribution is -2.58. The Labute approximate surface area is 384 Å². The molecule has 59 heavy (non-hydrogen) atoms. The van der Waals surface area contributed by atoms with Gasteiger partial charge < -0.3 is 17.7 Å². The Morgan fingerprint density at radius 1 is 0.339 bits per heavy atom. The molecule has 0 spiro atoms. The molecule has 0 heterocycles. The molecule has 0 aliphatic carbocycles. The molecule has 0 saturated carbocycles. The monoisotopic (exact) mass is 955 g/mol. The van der Waals surface area contributed by atoms with Crippen LogP contribution in [0, 0.1) is 5.41 Å². The van der Waals surface area contributed by atoms with Gasteiger partial charge in [0.15, 0.2) is 33.3 Å². The van der Waals surface area contributed by atoms with E-state index >= 15 is 0 Å². The first-order valence-corrected chi connectivity index (χ1v) is 47.5. The second-order valence-corrected chi connectivity index (χ2v) is 61.8. The fourth-order valence-corrected chi connectivity index (χ4v) is 24.3. The van der Waals surface area contributed by atoms with Crippen LogP contribution in [0.25, 0.3) is 0 Å². The van der Waals surface area contributed by atoms with Crippen molar-refractivity contribution in [2.45, 2.75) is 306 Å². The molecule has 0 N–H and O–H groups in total. The zero-order chi connectivity index (χ0) is 49.4. The van der Waals surface area contributed by atoms with Gasteiger partial charge >= 0.3 is 0 Å². The lowest BCUT2D eigenvalue weighted by atomic mass is 9.67. The molecular formula is C48H118O4Si7. The highest BCUT2D eigenvalue weighted by molar-refractivity contribution is 6.82. The van der Waals surface area contributed by atoms with Crippen molar-refractivity contribution in [3.8, 4) is 0 Å². The van der Waals surface area contributed by atoms with Crippen LogP contribution in [-0.4, -0.2) is 79.5 Å². The fourth-order valence-electron chi connectivity index (χ4n) is 8.43. The summed E-state index contributed by atoms with van der Waals surface area (Å²) in [6, 6.07) is 2.51. The van der Waals surface area contributed by atoms with Crippen molar-refractivity contribution in [2.75, 3.05) is 0 Å². The Bertz CT molecular complexity index is 1190. The summed E-state index contributed by atoms with van der Waals surface area (Å²) in [6.45, 7) is 84.1. The van der Waals surface area contributed by atoms with Gasteiger partial charge in [-0.2, -0.15) is 0 Å². The van der Waals surface area contributed by atoms with E-state index in [0.29, 0.717) is 10.1 Å². The van der Waals surface area contributed by atoms with Gasteiger partial charge in [0.2, 0.25) is 0 Å². The Morgan fingerprint density at radius 2 is 0.644 bits per heavy atom. The molecule has 0 aromatic rings. The first-order chi connectivity index (χ1) is 25.1. The standard InChI is InChI=1S/C16H38OSi2.C13H32OSi2.C11H28OSi2.C8H20OSi/c1-13-16(6,18(7,8)9)14(2,3)15(4,5)17-19(10,11)12;1-11-13(4,15(5,6)7)12(2,3)14-16(8,9)10;1-9-13(5,6)11(3,4)12-14(7,8)10-2;1-7-8(2,3)9-10(4,5)6/h13H2,1-12H3;11H2,1-10H3;9-10H2,1-8H3;7H2,1-6H3. The minimum atomic E-state index is -1.54. The van der Waals surface area contributed by atoms with Crippen molar-refractivity contribution < 1.29 is 17.7 Å². The molecule has 0 saturated heterocycles. The second kappa shape index (κ2) is 22.7. The summed E-state index contributed by atoms with van der Waals surface area (Å²) in [7, 11) is -9.49. The molecule has 0 aliphatic rings. The quantitative estimate of drug-likeness (QED) is 0.121. The normalized spacial score (nSPS) is 16.7. The van der Waals surface area contributed by atoms with Crippen molar-refractivity contribution in [1.82, 2.24) is 0 Å². The minimum absolute atomic E-state index is 0.00328. The van der Waals surface area contributed by atoms with E-state index in [0.717, 1.165) is 6.42 Å². The summed E-state index contributed by atoms with van der Waals surface area (Å²) in [5, 5.41) is 0.830.